The summed E-state index contributed by atoms with van der Waals surface area (Å²) in [6.07, 6.45) is 1.59. The van der Waals surface area contributed by atoms with Crippen LogP contribution in [0.15, 0.2) is 36.4 Å². The van der Waals surface area contributed by atoms with Gasteiger partial charge in [0.05, 0.1) is 7.11 Å². The Labute approximate surface area is 166 Å². The highest BCUT2D eigenvalue weighted by molar-refractivity contribution is 5.95. The third kappa shape index (κ3) is 3.05. The molecule has 4 aromatic rings. The molecule has 0 saturated carbocycles. The number of benzene rings is 2. The molecule has 29 heavy (non-hydrogen) atoms. The molecule has 8 heteroatoms. The molecule has 1 aliphatic heterocycles. The van der Waals surface area contributed by atoms with Gasteiger partial charge in [0.15, 0.2) is 11.5 Å². The van der Waals surface area contributed by atoms with Gasteiger partial charge in [0, 0.05) is 30.5 Å². The van der Waals surface area contributed by atoms with Crippen LogP contribution in [0.2, 0.25) is 0 Å². The van der Waals surface area contributed by atoms with Crippen molar-refractivity contribution in [3.05, 3.63) is 59.2 Å². The molecular weight excluding hydrogens is 371 g/mol. The first kappa shape index (κ1) is 17.8. The van der Waals surface area contributed by atoms with Crippen molar-refractivity contribution in [1.82, 2.24) is 24.5 Å². The second kappa shape index (κ2) is 6.97. The Kier molecular flexibility index (Phi) is 4.28. The van der Waals surface area contributed by atoms with Gasteiger partial charge in [0.2, 0.25) is 5.95 Å². The van der Waals surface area contributed by atoms with E-state index in [1.807, 2.05) is 24.3 Å². The topological polar surface area (TPSA) is 81.6 Å². The lowest BCUT2D eigenvalue weighted by Crippen LogP contribution is -2.18. The van der Waals surface area contributed by atoms with Crippen molar-refractivity contribution in [2.75, 3.05) is 19.4 Å². The molecule has 0 fully saturated rings. The lowest BCUT2D eigenvalue weighted by Gasteiger charge is -2.13. The summed E-state index contributed by atoms with van der Waals surface area (Å²) in [6, 6.07) is 11.0. The van der Waals surface area contributed by atoms with E-state index in [-0.39, 0.29) is 11.8 Å². The van der Waals surface area contributed by atoms with Gasteiger partial charge in [0.25, 0.3) is 0 Å². The first-order chi connectivity index (χ1) is 14.1. The van der Waals surface area contributed by atoms with Crippen LogP contribution in [0.1, 0.15) is 23.4 Å². The number of nitrogens with zero attached hydrogens (tertiary/aromatic N) is 5. The smallest absolute Gasteiger partial charge is 0.223 e. The van der Waals surface area contributed by atoms with Gasteiger partial charge >= 0.3 is 0 Å². The highest BCUT2D eigenvalue weighted by atomic mass is 19.1. The molecule has 1 aliphatic rings. The molecule has 0 spiro atoms. The fourth-order valence-corrected chi connectivity index (χ4v) is 4.01. The number of methoxy groups -OCH3 is 1. The highest BCUT2D eigenvalue weighted by Gasteiger charge is 2.21. The van der Waals surface area contributed by atoms with Gasteiger partial charge in [-0.2, -0.15) is 4.52 Å². The van der Waals surface area contributed by atoms with Gasteiger partial charge in [-0.05, 0) is 36.7 Å². The average Bonchev–Trinajstić information content (AvgIpc) is 3.33. The zero-order chi connectivity index (χ0) is 20.0. The number of nitrogens with two attached hydrogens (primary N) is 1. The van der Waals surface area contributed by atoms with Gasteiger partial charge < -0.3 is 10.5 Å². The zero-order valence-corrected chi connectivity index (χ0v) is 16.1. The zero-order valence-electron chi connectivity index (χ0n) is 16.1. The van der Waals surface area contributed by atoms with Crippen LogP contribution in [-0.2, 0) is 19.5 Å². The molecule has 0 bridgehead atoms. The number of para-hydroxylation sites is 1. The summed E-state index contributed by atoms with van der Waals surface area (Å²) in [4.78, 5) is 11.4. The Bertz CT molecular complexity index is 1220. The van der Waals surface area contributed by atoms with Gasteiger partial charge in [0.1, 0.15) is 17.1 Å². The van der Waals surface area contributed by atoms with E-state index in [9.17, 15) is 4.39 Å². The normalized spacial score (nSPS) is 14.0. The van der Waals surface area contributed by atoms with Crippen molar-refractivity contribution in [2.45, 2.75) is 25.9 Å². The van der Waals surface area contributed by atoms with E-state index in [1.165, 1.54) is 6.07 Å². The SMILES string of the molecule is COc1cccc2c1nc(N)n1nc(CCCN3Cc4cccc(F)c4C3)nc21. The molecule has 2 N–H and O–H groups in total. The maximum absolute atomic E-state index is 13.9. The van der Waals surface area contributed by atoms with Crippen LogP contribution in [0.3, 0.4) is 0 Å². The summed E-state index contributed by atoms with van der Waals surface area (Å²) in [7, 11) is 1.61. The molecule has 2 aromatic carbocycles. The lowest BCUT2D eigenvalue weighted by molar-refractivity contribution is 0.278. The molecule has 0 aliphatic carbocycles. The quantitative estimate of drug-likeness (QED) is 0.562. The van der Waals surface area contributed by atoms with Gasteiger partial charge in [-0.3, -0.25) is 4.90 Å². The molecule has 0 unspecified atom stereocenters. The third-order valence-electron chi connectivity index (χ3n) is 5.42. The molecule has 148 valence electrons. The molecule has 0 atom stereocenters. The van der Waals surface area contributed by atoms with E-state index in [1.54, 1.807) is 17.7 Å². The lowest BCUT2D eigenvalue weighted by atomic mass is 10.1. The largest absolute Gasteiger partial charge is 0.494 e. The van der Waals surface area contributed by atoms with Gasteiger partial charge in [-0.25, -0.2) is 14.4 Å². The second-order valence-electron chi connectivity index (χ2n) is 7.28. The monoisotopic (exact) mass is 392 g/mol. The number of aromatic nitrogens is 4. The molecule has 2 aromatic heterocycles. The summed E-state index contributed by atoms with van der Waals surface area (Å²) in [6.45, 7) is 2.29. The van der Waals surface area contributed by atoms with Gasteiger partial charge in [-0.1, -0.05) is 18.2 Å². The van der Waals surface area contributed by atoms with E-state index >= 15 is 0 Å². The number of nitrogen functional groups attached to an aromatic ring is 1. The van der Waals surface area contributed by atoms with Crippen molar-refractivity contribution in [3.8, 4) is 5.75 Å². The maximum Gasteiger partial charge on any atom is 0.223 e. The summed E-state index contributed by atoms with van der Waals surface area (Å²) < 4.78 is 20.9. The van der Waals surface area contributed by atoms with E-state index in [0.29, 0.717) is 29.9 Å². The minimum absolute atomic E-state index is 0.114. The van der Waals surface area contributed by atoms with Crippen molar-refractivity contribution < 1.29 is 9.13 Å². The van der Waals surface area contributed by atoms with Crippen LogP contribution in [0.4, 0.5) is 10.3 Å². The van der Waals surface area contributed by atoms with Crippen LogP contribution >= 0.6 is 0 Å². The standard InChI is InChI=1S/C21H21FN6O/c1-29-17-8-3-6-14-19(17)25-21(23)28-20(14)24-18(26-28)9-4-10-27-11-13-5-2-7-16(22)15(13)12-27/h2-3,5-8H,4,9-12H2,1H3,(H2,23,25). The van der Waals surface area contributed by atoms with E-state index < -0.39 is 0 Å². The Morgan fingerprint density at radius 1 is 1.14 bits per heavy atom. The molecule has 3 heterocycles. The van der Waals surface area contributed by atoms with Crippen LogP contribution < -0.4 is 10.5 Å². The molecule has 0 radical (unpaired) electrons. The van der Waals surface area contributed by atoms with Crippen LogP contribution in [0.25, 0.3) is 16.6 Å². The summed E-state index contributed by atoms with van der Waals surface area (Å²) in [5.41, 5.74) is 9.35. The van der Waals surface area contributed by atoms with E-state index in [4.69, 9.17) is 15.5 Å². The fourth-order valence-electron chi connectivity index (χ4n) is 4.01. The predicted molar refractivity (Wildman–Crippen MR) is 108 cm³/mol. The number of rotatable bonds is 5. The van der Waals surface area contributed by atoms with E-state index in [2.05, 4.69) is 15.0 Å². The fraction of sp³-hybridized carbons (Fsp3) is 0.286. The van der Waals surface area contributed by atoms with Crippen LogP contribution in [-0.4, -0.2) is 38.1 Å². The Balaban J connectivity index is 1.34. The average molecular weight is 392 g/mol. The molecule has 0 saturated heterocycles. The highest BCUT2D eigenvalue weighted by Crippen LogP contribution is 2.28. The van der Waals surface area contributed by atoms with Crippen LogP contribution in [0.5, 0.6) is 5.75 Å². The second-order valence-corrected chi connectivity index (χ2v) is 7.28. The number of hydrogen-bond donors (Lipinski definition) is 1. The van der Waals surface area contributed by atoms with Crippen LogP contribution in [0, 0.1) is 5.82 Å². The molecule has 5 rings (SSSR count). The predicted octanol–water partition coefficient (Wildman–Crippen LogP) is 2.96. The summed E-state index contributed by atoms with van der Waals surface area (Å²) in [5.74, 6) is 1.54. The van der Waals surface area contributed by atoms with Crippen molar-refractivity contribution >= 4 is 22.5 Å². The Hall–Kier alpha value is -3.26. The Morgan fingerprint density at radius 2 is 2.00 bits per heavy atom. The first-order valence-corrected chi connectivity index (χ1v) is 9.60. The van der Waals surface area contributed by atoms with E-state index in [0.717, 1.165) is 41.8 Å². The van der Waals surface area contributed by atoms with Gasteiger partial charge in [-0.15, -0.1) is 5.10 Å². The molecular formula is C21H21FN6O. The number of aryl methyl sites for hydroxylation is 1. The number of anilines is 1. The first-order valence-electron chi connectivity index (χ1n) is 9.60. The number of fused-ring (bicyclic) bond motifs is 4. The maximum atomic E-state index is 13.9. The number of halogens is 1. The number of hydrogen-bond acceptors (Lipinski definition) is 6. The van der Waals surface area contributed by atoms with Crippen molar-refractivity contribution in [3.63, 3.8) is 0 Å². The Morgan fingerprint density at radius 3 is 2.83 bits per heavy atom. The minimum Gasteiger partial charge on any atom is -0.494 e. The summed E-state index contributed by atoms with van der Waals surface area (Å²) in [5, 5.41) is 5.38. The van der Waals surface area contributed by atoms with Crippen molar-refractivity contribution in [1.29, 1.82) is 0 Å². The molecule has 0 amide bonds. The van der Waals surface area contributed by atoms with Crippen molar-refractivity contribution in [2.24, 2.45) is 0 Å². The summed E-state index contributed by atoms with van der Waals surface area (Å²) >= 11 is 0. The third-order valence-corrected chi connectivity index (χ3v) is 5.42. The number of ether oxygens (including phenoxy) is 1. The minimum atomic E-state index is -0.114. The molecule has 7 nitrogen and oxygen atoms in total.